The first kappa shape index (κ1) is 13.7. The molecule has 1 aliphatic rings. The fourth-order valence-corrected chi connectivity index (χ4v) is 1.78. The van der Waals surface area contributed by atoms with Gasteiger partial charge in [-0.2, -0.15) is 0 Å². The van der Waals surface area contributed by atoms with Gasteiger partial charge < -0.3 is 0 Å². The van der Waals surface area contributed by atoms with Gasteiger partial charge in [0.15, 0.2) is 0 Å². The number of unbranched alkanes of at least 4 members (excludes halogenated alkanes) is 4. The van der Waals surface area contributed by atoms with Gasteiger partial charge in [-0.15, -0.1) is 6.58 Å². The summed E-state index contributed by atoms with van der Waals surface area (Å²) in [5.74, 6) is 0. The summed E-state index contributed by atoms with van der Waals surface area (Å²) in [6, 6.07) is 0. The molecule has 1 aliphatic carbocycles. The van der Waals surface area contributed by atoms with Crippen molar-refractivity contribution in [2.24, 2.45) is 0 Å². The highest BCUT2D eigenvalue weighted by Gasteiger charge is 1.95. The van der Waals surface area contributed by atoms with E-state index < -0.39 is 0 Å². The molecule has 0 nitrogen and oxygen atoms in total. The molecular weight excluding hydrogens is 168 g/mol. The molecule has 1 saturated carbocycles. The first-order valence-electron chi connectivity index (χ1n) is 6.52. The van der Waals surface area contributed by atoms with Gasteiger partial charge in [0.1, 0.15) is 0 Å². The predicted octanol–water partition coefficient (Wildman–Crippen LogP) is 5.48. The van der Waals surface area contributed by atoms with E-state index in [0.29, 0.717) is 0 Å². The zero-order valence-electron chi connectivity index (χ0n) is 10.1. The van der Waals surface area contributed by atoms with Crippen molar-refractivity contribution in [2.45, 2.75) is 77.6 Å². The van der Waals surface area contributed by atoms with Gasteiger partial charge in [-0.3, -0.25) is 0 Å². The van der Waals surface area contributed by atoms with E-state index in [1.165, 1.54) is 70.6 Å². The Hall–Kier alpha value is -0.260. The van der Waals surface area contributed by atoms with Gasteiger partial charge in [0, 0.05) is 0 Å². The summed E-state index contributed by atoms with van der Waals surface area (Å²) in [6.07, 6.45) is 17.6. The van der Waals surface area contributed by atoms with Crippen LogP contribution in [-0.2, 0) is 0 Å². The molecule has 0 bridgehead atoms. The predicted molar refractivity (Wildman–Crippen MR) is 66.7 cm³/mol. The molecule has 0 aromatic heterocycles. The summed E-state index contributed by atoms with van der Waals surface area (Å²) < 4.78 is 0. The zero-order chi connectivity index (χ0) is 10.5. The van der Waals surface area contributed by atoms with Gasteiger partial charge in [0.05, 0.1) is 0 Å². The van der Waals surface area contributed by atoms with Crippen molar-refractivity contribution in [1.82, 2.24) is 0 Å². The first-order valence-corrected chi connectivity index (χ1v) is 6.52. The standard InChI is InChI=1S/C8H16.C6H12/c1-3-5-7-8-6-4-2;1-2-4-6-5-3-1/h3H,1,4-8H2,2H3;1-6H2. The smallest absolute Gasteiger partial charge is 0.0353 e. The van der Waals surface area contributed by atoms with Gasteiger partial charge in [0.2, 0.25) is 0 Å². The SMILES string of the molecule is C1CCCCC1.C=CCCCCCC. The second-order valence-electron chi connectivity index (χ2n) is 4.26. The van der Waals surface area contributed by atoms with Gasteiger partial charge in [0.25, 0.3) is 0 Å². The third-order valence-corrected chi connectivity index (χ3v) is 2.76. The van der Waals surface area contributed by atoms with Crippen molar-refractivity contribution < 1.29 is 0 Å². The van der Waals surface area contributed by atoms with Crippen LogP contribution in [0.1, 0.15) is 77.6 Å². The fraction of sp³-hybridized carbons (Fsp3) is 0.857. The Labute approximate surface area is 90.8 Å². The van der Waals surface area contributed by atoms with E-state index in [0.717, 1.165) is 0 Å². The molecule has 0 saturated heterocycles. The fourth-order valence-electron chi connectivity index (χ4n) is 1.78. The molecule has 0 spiro atoms. The Kier molecular flexibility index (Phi) is 12.5. The summed E-state index contributed by atoms with van der Waals surface area (Å²) >= 11 is 0. The average molecular weight is 196 g/mol. The third-order valence-electron chi connectivity index (χ3n) is 2.76. The first-order chi connectivity index (χ1) is 6.91. The maximum atomic E-state index is 3.66. The molecule has 0 amide bonds. The minimum Gasteiger partial charge on any atom is -0.103 e. The number of rotatable bonds is 5. The lowest BCUT2D eigenvalue weighted by molar-refractivity contribution is 0.504. The van der Waals surface area contributed by atoms with Crippen LogP contribution in [0, 0.1) is 0 Å². The Bertz CT molecular complexity index is 89.1. The van der Waals surface area contributed by atoms with E-state index >= 15 is 0 Å². The molecule has 0 unspecified atom stereocenters. The second kappa shape index (κ2) is 12.7. The van der Waals surface area contributed by atoms with E-state index in [1.807, 2.05) is 6.08 Å². The molecule has 1 rings (SSSR count). The number of allylic oxidation sites excluding steroid dienone is 1. The molecule has 0 aliphatic heterocycles. The Balaban J connectivity index is 0.000000249. The van der Waals surface area contributed by atoms with E-state index in [9.17, 15) is 0 Å². The lowest BCUT2D eigenvalue weighted by Crippen LogP contribution is -1.85. The van der Waals surface area contributed by atoms with Crippen LogP contribution in [0.2, 0.25) is 0 Å². The van der Waals surface area contributed by atoms with Crippen LogP contribution in [0.3, 0.4) is 0 Å². The highest BCUT2D eigenvalue weighted by molar-refractivity contribution is 4.64. The van der Waals surface area contributed by atoms with Gasteiger partial charge in [-0.05, 0) is 12.8 Å². The molecule has 0 aromatic carbocycles. The zero-order valence-corrected chi connectivity index (χ0v) is 10.1. The monoisotopic (exact) mass is 196 g/mol. The highest BCUT2D eigenvalue weighted by Crippen LogP contribution is 2.15. The van der Waals surface area contributed by atoms with Crippen LogP contribution in [-0.4, -0.2) is 0 Å². The minimum absolute atomic E-state index is 1.19. The normalized spacial score (nSPS) is 15.5. The van der Waals surface area contributed by atoms with E-state index in [1.54, 1.807) is 0 Å². The summed E-state index contributed by atoms with van der Waals surface area (Å²) in [7, 11) is 0. The molecule has 0 atom stereocenters. The van der Waals surface area contributed by atoms with E-state index in [2.05, 4.69) is 13.5 Å². The van der Waals surface area contributed by atoms with Crippen LogP contribution >= 0.6 is 0 Å². The number of hydrogen-bond acceptors (Lipinski definition) is 0. The maximum absolute atomic E-state index is 3.66. The Morgan fingerprint density at radius 1 is 0.857 bits per heavy atom. The van der Waals surface area contributed by atoms with Crippen molar-refractivity contribution in [2.75, 3.05) is 0 Å². The lowest BCUT2D eigenvalue weighted by Gasteiger charge is -2.05. The molecule has 0 aromatic rings. The molecule has 0 heterocycles. The van der Waals surface area contributed by atoms with Crippen molar-refractivity contribution in [3.05, 3.63) is 12.7 Å². The third kappa shape index (κ3) is 11.7. The van der Waals surface area contributed by atoms with Crippen molar-refractivity contribution in [3.8, 4) is 0 Å². The van der Waals surface area contributed by atoms with Gasteiger partial charge in [-0.25, -0.2) is 0 Å². The molecule has 14 heavy (non-hydrogen) atoms. The van der Waals surface area contributed by atoms with Gasteiger partial charge in [-0.1, -0.05) is 70.8 Å². The largest absolute Gasteiger partial charge is 0.103 e. The van der Waals surface area contributed by atoms with Gasteiger partial charge >= 0.3 is 0 Å². The average Bonchev–Trinajstić information content (AvgIpc) is 2.28. The van der Waals surface area contributed by atoms with E-state index in [4.69, 9.17) is 0 Å². The summed E-state index contributed by atoms with van der Waals surface area (Å²) in [6.45, 7) is 5.89. The number of hydrogen-bond donors (Lipinski definition) is 0. The summed E-state index contributed by atoms with van der Waals surface area (Å²) in [5, 5.41) is 0. The molecule has 0 heteroatoms. The van der Waals surface area contributed by atoms with Crippen LogP contribution in [0.5, 0.6) is 0 Å². The summed E-state index contributed by atoms with van der Waals surface area (Å²) in [4.78, 5) is 0. The van der Waals surface area contributed by atoms with Crippen molar-refractivity contribution in [1.29, 1.82) is 0 Å². The maximum Gasteiger partial charge on any atom is -0.0353 e. The molecular formula is C14H28. The lowest BCUT2D eigenvalue weighted by atomic mass is 10.0. The molecule has 1 fully saturated rings. The van der Waals surface area contributed by atoms with Crippen molar-refractivity contribution >= 4 is 0 Å². The van der Waals surface area contributed by atoms with Crippen LogP contribution in [0.4, 0.5) is 0 Å². The molecule has 0 radical (unpaired) electrons. The Morgan fingerprint density at radius 2 is 1.36 bits per heavy atom. The minimum atomic E-state index is 1.19. The van der Waals surface area contributed by atoms with Crippen molar-refractivity contribution in [3.63, 3.8) is 0 Å². The van der Waals surface area contributed by atoms with Crippen LogP contribution in [0.15, 0.2) is 12.7 Å². The van der Waals surface area contributed by atoms with Crippen LogP contribution < -0.4 is 0 Å². The highest BCUT2D eigenvalue weighted by atomic mass is 14.0. The topological polar surface area (TPSA) is 0 Å². The molecule has 84 valence electrons. The quantitative estimate of drug-likeness (QED) is 0.403. The van der Waals surface area contributed by atoms with E-state index in [-0.39, 0.29) is 0 Å². The molecule has 0 N–H and O–H groups in total. The van der Waals surface area contributed by atoms with Crippen LogP contribution in [0.25, 0.3) is 0 Å². The Morgan fingerprint density at radius 3 is 1.71 bits per heavy atom. The summed E-state index contributed by atoms with van der Waals surface area (Å²) in [5.41, 5.74) is 0. The second-order valence-corrected chi connectivity index (χ2v) is 4.26.